The number of nitrogens with zero attached hydrogens (tertiary/aromatic N) is 1. The van der Waals surface area contributed by atoms with E-state index < -0.39 is 0 Å². The molecular weight excluding hydrogens is 369 g/mol. The highest BCUT2D eigenvalue weighted by molar-refractivity contribution is 14.1. The van der Waals surface area contributed by atoms with Crippen molar-refractivity contribution >= 4 is 22.6 Å². The maximum Gasteiger partial charge on any atom is 0.141 e. The zero-order valence-electron chi connectivity index (χ0n) is 14.1. The van der Waals surface area contributed by atoms with Crippen molar-refractivity contribution in [2.75, 3.05) is 26.2 Å². The van der Waals surface area contributed by atoms with Gasteiger partial charge in [-0.25, -0.2) is 0 Å². The van der Waals surface area contributed by atoms with E-state index in [9.17, 15) is 0 Å². The fourth-order valence-corrected chi connectivity index (χ4v) is 3.77. The molecule has 0 radical (unpaired) electrons. The van der Waals surface area contributed by atoms with Crippen LogP contribution in [0.3, 0.4) is 0 Å². The summed E-state index contributed by atoms with van der Waals surface area (Å²) in [6.07, 6.45) is 17.2. The molecule has 0 aromatic rings. The predicted octanol–water partition coefficient (Wildman–Crippen LogP) is 5.91. The van der Waals surface area contributed by atoms with Gasteiger partial charge in [0, 0.05) is 35.4 Å². The molecule has 122 valence electrons. The molecule has 1 aliphatic rings. The molecule has 0 saturated carbocycles. The molecular formula is C19H35IN+. The first-order valence-corrected chi connectivity index (χ1v) is 10.3. The van der Waals surface area contributed by atoms with E-state index in [4.69, 9.17) is 0 Å². The van der Waals surface area contributed by atoms with E-state index in [0.717, 1.165) is 6.54 Å². The Kier molecular flexibility index (Phi) is 11.7. The van der Waals surface area contributed by atoms with Gasteiger partial charge in [-0.05, 0) is 22.7 Å². The molecule has 1 nitrogen and oxygen atoms in total. The third-order valence-corrected chi connectivity index (χ3v) is 5.36. The van der Waals surface area contributed by atoms with Crippen molar-refractivity contribution in [3.63, 3.8) is 0 Å². The Bertz CT molecular complexity index is 296. The van der Waals surface area contributed by atoms with Crippen LogP contribution in [0.2, 0.25) is 0 Å². The largest absolute Gasteiger partial charge is 0.313 e. The Hall–Kier alpha value is 0.250. The smallest absolute Gasteiger partial charge is 0.141 e. The van der Waals surface area contributed by atoms with Crippen LogP contribution in [0.1, 0.15) is 84.0 Å². The van der Waals surface area contributed by atoms with Gasteiger partial charge in [0.05, 0.1) is 19.6 Å². The molecule has 0 unspecified atom stereocenters. The van der Waals surface area contributed by atoms with Gasteiger partial charge in [-0.15, -0.1) is 0 Å². The second-order valence-corrected chi connectivity index (χ2v) is 7.37. The molecule has 0 amide bonds. The second-order valence-electron chi connectivity index (χ2n) is 6.83. The molecule has 1 rings (SSSR count). The van der Waals surface area contributed by atoms with E-state index in [-0.39, 0.29) is 0 Å². The Morgan fingerprint density at radius 1 is 0.810 bits per heavy atom. The van der Waals surface area contributed by atoms with Crippen molar-refractivity contribution in [2.45, 2.75) is 84.0 Å². The second kappa shape index (κ2) is 12.8. The summed E-state index contributed by atoms with van der Waals surface area (Å²) in [5, 5.41) is 0. The van der Waals surface area contributed by atoms with Gasteiger partial charge in [-0.3, -0.25) is 0 Å². The highest BCUT2D eigenvalue weighted by Gasteiger charge is 2.30. The highest BCUT2D eigenvalue weighted by atomic mass is 127. The third-order valence-electron chi connectivity index (χ3n) is 4.98. The molecule has 1 heterocycles. The molecule has 1 fully saturated rings. The lowest BCUT2D eigenvalue weighted by Crippen LogP contribution is -2.46. The first kappa shape index (κ1) is 19.3. The number of quaternary nitrogens is 1. The Morgan fingerprint density at radius 2 is 1.33 bits per heavy atom. The van der Waals surface area contributed by atoms with Gasteiger partial charge in [0.15, 0.2) is 0 Å². The van der Waals surface area contributed by atoms with E-state index >= 15 is 0 Å². The summed E-state index contributed by atoms with van der Waals surface area (Å²) in [6, 6.07) is 0. The summed E-state index contributed by atoms with van der Waals surface area (Å²) in [5.74, 6) is 3.33. The Labute approximate surface area is 147 Å². The van der Waals surface area contributed by atoms with Crippen LogP contribution in [0, 0.1) is 9.85 Å². The Balaban J connectivity index is 1.98. The fourth-order valence-electron chi connectivity index (χ4n) is 3.60. The van der Waals surface area contributed by atoms with Crippen molar-refractivity contribution in [1.82, 2.24) is 0 Å². The number of unbranched alkanes of at least 4 members (excludes halogenated alkanes) is 9. The minimum Gasteiger partial charge on any atom is -0.313 e. The maximum absolute atomic E-state index is 3.33. The zero-order valence-corrected chi connectivity index (χ0v) is 16.3. The van der Waals surface area contributed by atoms with E-state index in [1.54, 1.807) is 0 Å². The molecule has 0 bridgehead atoms. The van der Waals surface area contributed by atoms with Gasteiger partial charge in [-0.1, -0.05) is 58.3 Å². The van der Waals surface area contributed by atoms with Gasteiger partial charge in [0.1, 0.15) is 6.54 Å². The molecule has 1 saturated heterocycles. The number of hydrogen-bond donors (Lipinski definition) is 0. The van der Waals surface area contributed by atoms with Crippen molar-refractivity contribution < 1.29 is 4.48 Å². The summed E-state index contributed by atoms with van der Waals surface area (Å²) in [7, 11) is 0. The number of halogens is 1. The molecule has 2 heteroatoms. The van der Waals surface area contributed by atoms with Gasteiger partial charge < -0.3 is 4.48 Å². The average molecular weight is 404 g/mol. The summed E-state index contributed by atoms with van der Waals surface area (Å²) in [4.78, 5) is 0. The lowest BCUT2D eigenvalue weighted by Gasteiger charge is -2.32. The van der Waals surface area contributed by atoms with Crippen molar-refractivity contribution in [2.24, 2.45) is 0 Å². The molecule has 0 aliphatic carbocycles. The van der Waals surface area contributed by atoms with Gasteiger partial charge in [-0.2, -0.15) is 0 Å². The third kappa shape index (κ3) is 9.08. The highest BCUT2D eigenvalue weighted by Crippen LogP contribution is 2.21. The molecule has 0 atom stereocenters. The van der Waals surface area contributed by atoms with Crippen LogP contribution in [0.5, 0.6) is 0 Å². The molecule has 0 aromatic heterocycles. The molecule has 0 spiro atoms. The topological polar surface area (TPSA) is 0 Å². The van der Waals surface area contributed by atoms with Crippen molar-refractivity contribution in [3.8, 4) is 9.85 Å². The van der Waals surface area contributed by atoms with Gasteiger partial charge in [0.2, 0.25) is 0 Å². The minimum absolute atomic E-state index is 1.10. The minimum atomic E-state index is 1.10. The monoisotopic (exact) mass is 404 g/mol. The van der Waals surface area contributed by atoms with Crippen LogP contribution in [0.25, 0.3) is 0 Å². The molecule has 21 heavy (non-hydrogen) atoms. The summed E-state index contributed by atoms with van der Waals surface area (Å²) < 4.78 is 4.36. The molecule has 0 aromatic carbocycles. The standard InChI is InChI=1S/C19H35IN/c1-2-3-4-5-6-7-8-9-10-11-16-21(19-14-15-20)17-12-13-18-21/h2-13,16-19H2,1H3/q+1. The average Bonchev–Trinajstić information content (AvgIpc) is 2.96. The first-order chi connectivity index (χ1) is 10.3. The lowest BCUT2D eigenvalue weighted by atomic mass is 10.1. The lowest BCUT2D eigenvalue weighted by molar-refractivity contribution is -0.910. The van der Waals surface area contributed by atoms with Crippen LogP contribution in [0.15, 0.2) is 0 Å². The van der Waals surface area contributed by atoms with E-state index in [0.29, 0.717) is 0 Å². The molecule has 1 aliphatic heterocycles. The maximum atomic E-state index is 3.33. The SMILES string of the molecule is CCCCCCCCCCCC[N+]1(CC#CI)CCCC1. The van der Waals surface area contributed by atoms with E-state index in [1.165, 1.54) is 101 Å². The van der Waals surface area contributed by atoms with Crippen LogP contribution in [-0.2, 0) is 0 Å². The number of likely N-dealkylation sites (tertiary alicyclic amines) is 1. The van der Waals surface area contributed by atoms with Crippen molar-refractivity contribution in [3.05, 3.63) is 0 Å². The number of rotatable bonds is 12. The summed E-state index contributed by atoms with van der Waals surface area (Å²) >= 11 is 2.18. The first-order valence-electron chi connectivity index (χ1n) is 9.26. The van der Waals surface area contributed by atoms with E-state index in [1.807, 2.05) is 0 Å². The van der Waals surface area contributed by atoms with Crippen molar-refractivity contribution in [1.29, 1.82) is 0 Å². The van der Waals surface area contributed by atoms with Crippen LogP contribution < -0.4 is 0 Å². The van der Waals surface area contributed by atoms with Gasteiger partial charge in [0.25, 0.3) is 0 Å². The predicted molar refractivity (Wildman–Crippen MR) is 103 cm³/mol. The van der Waals surface area contributed by atoms with Crippen LogP contribution in [-0.4, -0.2) is 30.7 Å². The van der Waals surface area contributed by atoms with Crippen LogP contribution >= 0.6 is 22.6 Å². The number of hydrogen-bond acceptors (Lipinski definition) is 0. The fraction of sp³-hybridized carbons (Fsp3) is 0.895. The summed E-state index contributed by atoms with van der Waals surface area (Å²) in [6.45, 7) is 7.52. The van der Waals surface area contributed by atoms with E-state index in [2.05, 4.69) is 39.4 Å². The normalized spacial score (nSPS) is 16.7. The molecule has 0 N–H and O–H groups in total. The Morgan fingerprint density at radius 3 is 1.86 bits per heavy atom. The quantitative estimate of drug-likeness (QED) is 0.164. The summed E-state index contributed by atoms with van der Waals surface area (Å²) in [5.41, 5.74) is 0. The zero-order chi connectivity index (χ0) is 15.2. The van der Waals surface area contributed by atoms with Gasteiger partial charge >= 0.3 is 0 Å². The van der Waals surface area contributed by atoms with Crippen LogP contribution in [0.4, 0.5) is 0 Å².